The van der Waals surface area contributed by atoms with E-state index in [0.717, 1.165) is 16.9 Å². The fraction of sp³-hybridized carbons (Fsp3) is 0.190. The van der Waals surface area contributed by atoms with Crippen molar-refractivity contribution in [2.75, 3.05) is 26.3 Å². The Labute approximate surface area is 168 Å². The maximum Gasteiger partial charge on any atom is 0.252 e. The molecule has 8 heteroatoms. The minimum absolute atomic E-state index is 0.222. The third kappa shape index (κ3) is 4.92. The van der Waals surface area contributed by atoms with Crippen LogP contribution in [-0.2, 0) is 0 Å². The number of anilines is 1. The quantitative estimate of drug-likeness (QED) is 0.449. The number of hydrazone groups is 1. The van der Waals surface area contributed by atoms with Crippen LogP contribution in [0.25, 0.3) is 11.3 Å². The molecule has 1 heterocycles. The normalized spacial score (nSPS) is 10.7. The van der Waals surface area contributed by atoms with Crippen LogP contribution in [0.15, 0.2) is 58.4 Å². The summed E-state index contributed by atoms with van der Waals surface area (Å²) in [6, 6.07) is 14.2. The van der Waals surface area contributed by atoms with Gasteiger partial charge >= 0.3 is 0 Å². The summed E-state index contributed by atoms with van der Waals surface area (Å²) in [7, 11) is 3.17. The fourth-order valence-electron chi connectivity index (χ4n) is 2.71. The Hall–Kier alpha value is -3.81. The molecular formula is C21H22N4O4. The second kappa shape index (κ2) is 9.41. The molecule has 8 nitrogen and oxygen atoms in total. The molecule has 2 N–H and O–H groups in total. The van der Waals surface area contributed by atoms with Crippen molar-refractivity contribution in [1.82, 2.24) is 9.97 Å². The van der Waals surface area contributed by atoms with Crippen molar-refractivity contribution < 1.29 is 14.2 Å². The number of nitrogens with zero attached hydrogens (tertiary/aromatic N) is 2. The first-order valence-corrected chi connectivity index (χ1v) is 8.99. The second-order valence-corrected chi connectivity index (χ2v) is 5.89. The molecule has 0 fully saturated rings. The van der Waals surface area contributed by atoms with Gasteiger partial charge in [0.1, 0.15) is 5.75 Å². The highest BCUT2D eigenvalue weighted by molar-refractivity contribution is 5.85. The molecule has 0 saturated heterocycles. The van der Waals surface area contributed by atoms with Gasteiger partial charge in [-0.05, 0) is 43.3 Å². The zero-order chi connectivity index (χ0) is 20.6. The lowest BCUT2D eigenvalue weighted by Crippen LogP contribution is -2.10. The molecule has 1 aromatic heterocycles. The summed E-state index contributed by atoms with van der Waals surface area (Å²) in [6.45, 7) is 2.43. The Kier molecular flexibility index (Phi) is 6.47. The molecular weight excluding hydrogens is 372 g/mol. The van der Waals surface area contributed by atoms with E-state index in [9.17, 15) is 4.79 Å². The lowest BCUT2D eigenvalue weighted by atomic mass is 10.1. The van der Waals surface area contributed by atoms with Crippen LogP contribution < -0.4 is 25.2 Å². The Morgan fingerprint density at radius 2 is 1.93 bits per heavy atom. The zero-order valence-corrected chi connectivity index (χ0v) is 16.4. The number of ether oxygens (including phenoxy) is 3. The summed E-state index contributed by atoms with van der Waals surface area (Å²) in [5, 5.41) is 4.16. The van der Waals surface area contributed by atoms with Crippen LogP contribution in [0.1, 0.15) is 12.5 Å². The molecule has 0 aliphatic carbocycles. The lowest BCUT2D eigenvalue weighted by molar-refractivity contribution is 0.311. The summed E-state index contributed by atoms with van der Waals surface area (Å²) in [4.78, 5) is 19.0. The Morgan fingerprint density at radius 1 is 1.14 bits per heavy atom. The van der Waals surface area contributed by atoms with Crippen molar-refractivity contribution in [3.63, 3.8) is 0 Å². The van der Waals surface area contributed by atoms with Crippen LogP contribution in [0.3, 0.4) is 0 Å². The molecule has 0 atom stereocenters. The van der Waals surface area contributed by atoms with Crippen molar-refractivity contribution >= 4 is 12.2 Å². The van der Waals surface area contributed by atoms with Gasteiger partial charge in [0.2, 0.25) is 5.95 Å². The van der Waals surface area contributed by atoms with Gasteiger partial charge in [-0.3, -0.25) is 9.78 Å². The summed E-state index contributed by atoms with van der Waals surface area (Å²) in [5.74, 6) is 2.16. The first-order valence-electron chi connectivity index (χ1n) is 8.99. The highest BCUT2D eigenvalue weighted by Crippen LogP contribution is 2.30. The number of H-pyrrole nitrogens is 1. The van der Waals surface area contributed by atoms with Gasteiger partial charge in [-0.2, -0.15) is 5.10 Å². The van der Waals surface area contributed by atoms with E-state index in [-0.39, 0.29) is 11.5 Å². The van der Waals surface area contributed by atoms with Gasteiger partial charge in [0, 0.05) is 17.2 Å². The molecule has 0 aliphatic heterocycles. The van der Waals surface area contributed by atoms with Crippen molar-refractivity contribution in [3.05, 3.63) is 64.4 Å². The van der Waals surface area contributed by atoms with E-state index in [1.165, 1.54) is 6.07 Å². The molecule has 150 valence electrons. The molecule has 2 aromatic carbocycles. The van der Waals surface area contributed by atoms with Gasteiger partial charge < -0.3 is 14.2 Å². The number of benzene rings is 2. The van der Waals surface area contributed by atoms with Gasteiger partial charge in [0.25, 0.3) is 5.56 Å². The maximum absolute atomic E-state index is 12.0. The zero-order valence-electron chi connectivity index (χ0n) is 16.4. The number of para-hydroxylation sites is 1. The smallest absolute Gasteiger partial charge is 0.252 e. The summed E-state index contributed by atoms with van der Waals surface area (Å²) >= 11 is 0. The molecule has 0 spiro atoms. The van der Waals surface area contributed by atoms with E-state index in [1.54, 1.807) is 32.6 Å². The average molecular weight is 394 g/mol. The van der Waals surface area contributed by atoms with Crippen molar-refractivity contribution in [1.29, 1.82) is 0 Å². The lowest BCUT2D eigenvalue weighted by Gasteiger charge is -2.11. The molecule has 3 aromatic rings. The summed E-state index contributed by atoms with van der Waals surface area (Å²) in [5.41, 5.74) is 4.49. The molecule has 0 radical (unpaired) electrons. The molecule has 3 rings (SSSR count). The van der Waals surface area contributed by atoms with E-state index >= 15 is 0 Å². The SMILES string of the molecule is CCOc1cccc(/C=N\Nc2nc(-c3ccc(OC)cc3)cc(=O)[nH]2)c1OC. The molecule has 0 bridgehead atoms. The molecule has 0 unspecified atom stereocenters. The number of methoxy groups -OCH3 is 2. The third-order valence-electron chi connectivity index (χ3n) is 4.01. The monoisotopic (exact) mass is 394 g/mol. The molecule has 0 aliphatic rings. The predicted octanol–water partition coefficient (Wildman–Crippen LogP) is 3.30. The summed E-state index contributed by atoms with van der Waals surface area (Å²) < 4.78 is 16.1. The van der Waals surface area contributed by atoms with Crippen LogP contribution in [0.4, 0.5) is 5.95 Å². The molecule has 0 amide bonds. The van der Waals surface area contributed by atoms with Crippen LogP contribution in [0.2, 0.25) is 0 Å². The topological polar surface area (TPSA) is 97.8 Å². The third-order valence-corrected chi connectivity index (χ3v) is 4.01. The average Bonchev–Trinajstić information content (AvgIpc) is 2.74. The standard InChI is InChI=1S/C21H22N4O4/c1-4-29-18-7-5-6-15(20(18)28-3)13-22-25-21-23-17(12-19(26)24-21)14-8-10-16(27-2)11-9-14/h5-13H,4H2,1-3H3,(H2,23,24,25,26)/b22-13-. The predicted molar refractivity (Wildman–Crippen MR) is 112 cm³/mol. The Bertz CT molecular complexity index is 1050. The van der Waals surface area contributed by atoms with Crippen LogP contribution in [0.5, 0.6) is 17.2 Å². The van der Waals surface area contributed by atoms with Gasteiger partial charge in [-0.1, -0.05) is 6.07 Å². The van der Waals surface area contributed by atoms with E-state index in [2.05, 4.69) is 20.5 Å². The largest absolute Gasteiger partial charge is 0.497 e. The van der Waals surface area contributed by atoms with Gasteiger partial charge in [-0.25, -0.2) is 10.4 Å². The molecule has 29 heavy (non-hydrogen) atoms. The van der Waals surface area contributed by atoms with E-state index < -0.39 is 0 Å². The summed E-state index contributed by atoms with van der Waals surface area (Å²) in [6.07, 6.45) is 1.57. The van der Waals surface area contributed by atoms with E-state index in [0.29, 0.717) is 23.8 Å². The second-order valence-electron chi connectivity index (χ2n) is 5.89. The van der Waals surface area contributed by atoms with Crippen molar-refractivity contribution in [2.24, 2.45) is 5.10 Å². The van der Waals surface area contributed by atoms with E-state index in [1.807, 2.05) is 37.3 Å². The number of aromatic nitrogens is 2. The van der Waals surface area contributed by atoms with Crippen molar-refractivity contribution in [3.8, 4) is 28.5 Å². The number of rotatable bonds is 8. The number of aromatic amines is 1. The van der Waals surface area contributed by atoms with Gasteiger partial charge in [0.15, 0.2) is 11.5 Å². The fourth-order valence-corrected chi connectivity index (χ4v) is 2.71. The minimum atomic E-state index is -0.292. The van der Waals surface area contributed by atoms with Crippen LogP contribution in [-0.4, -0.2) is 37.0 Å². The molecule has 0 saturated carbocycles. The van der Waals surface area contributed by atoms with Gasteiger partial charge in [0.05, 0.1) is 32.7 Å². The van der Waals surface area contributed by atoms with Crippen molar-refractivity contribution in [2.45, 2.75) is 6.92 Å². The number of hydrogen-bond acceptors (Lipinski definition) is 7. The Balaban J connectivity index is 1.81. The Morgan fingerprint density at radius 3 is 2.62 bits per heavy atom. The number of nitrogens with one attached hydrogen (secondary N) is 2. The van der Waals surface area contributed by atoms with Crippen LogP contribution >= 0.6 is 0 Å². The first kappa shape index (κ1) is 19.9. The minimum Gasteiger partial charge on any atom is -0.497 e. The highest BCUT2D eigenvalue weighted by Gasteiger charge is 2.08. The number of hydrogen-bond donors (Lipinski definition) is 2. The maximum atomic E-state index is 12.0. The van der Waals surface area contributed by atoms with Crippen LogP contribution in [0, 0.1) is 0 Å². The highest BCUT2D eigenvalue weighted by atomic mass is 16.5. The van der Waals surface area contributed by atoms with E-state index in [4.69, 9.17) is 14.2 Å². The first-order chi connectivity index (χ1) is 14.1. The van der Waals surface area contributed by atoms with Gasteiger partial charge in [-0.15, -0.1) is 0 Å².